The molecule has 0 heterocycles. The van der Waals surface area contributed by atoms with E-state index in [4.69, 9.17) is 10.2 Å². The summed E-state index contributed by atoms with van der Waals surface area (Å²) in [6.07, 6.45) is 0. The van der Waals surface area contributed by atoms with E-state index in [1.54, 1.807) is 24.3 Å². The lowest BCUT2D eigenvalue weighted by atomic mass is 10.3. The lowest BCUT2D eigenvalue weighted by Crippen LogP contribution is -2.45. The summed E-state index contributed by atoms with van der Waals surface area (Å²) in [5.41, 5.74) is 0.521. The van der Waals surface area contributed by atoms with E-state index >= 15 is 0 Å². The van der Waals surface area contributed by atoms with E-state index in [1.165, 1.54) is 0 Å². The topological polar surface area (TPSA) is 98.7 Å². The van der Waals surface area contributed by atoms with E-state index in [2.05, 4.69) is 26.6 Å². The number of urea groups is 1. The number of aliphatic hydroxyl groups excluding tert-OH is 1. The number of hydrogen-bond acceptors (Lipinski definition) is 3. The molecule has 0 spiro atoms. The summed E-state index contributed by atoms with van der Waals surface area (Å²) >= 11 is 3.24. The molecular weight excluding hydrogens is 292 g/mol. The van der Waals surface area contributed by atoms with Crippen LogP contribution in [0.4, 0.5) is 10.5 Å². The SMILES string of the molecule is O=C(Nc1ccc(Br)cc1)N[C@H](CO)C(=O)O. The fraction of sp³-hybridized carbons (Fsp3) is 0.200. The summed E-state index contributed by atoms with van der Waals surface area (Å²) in [5, 5.41) is 21.9. The van der Waals surface area contributed by atoms with Gasteiger partial charge in [0.05, 0.1) is 6.61 Å². The molecule has 0 saturated heterocycles. The Bertz CT molecular complexity index is 407. The van der Waals surface area contributed by atoms with Crippen LogP contribution in [-0.2, 0) is 4.79 Å². The van der Waals surface area contributed by atoms with Gasteiger partial charge in [0.15, 0.2) is 6.04 Å². The largest absolute Gasteiger partial charge is 0.480 e. The number of halogens is 1. The second-order valence-corrected chi connectivity index (χ2v) is 4.09. The zero-order valence-corrected chi connectivity index (χ0v) is 10.3. The predicted octanol–water partition coefficient (Wildman–Crippen LogP) is 1.02. The molecule has 1 aromatic rings. The number of carbonyl (C=O) groups excluding carboxylic acids is 1. The highest BCUT2D eigenvalue weighted by molar-refractivity contribution is 9.10. The fourth-order valence-electron chi connectivity index (χ4n) is 1.04. The molecule has 6 nitrogen and oxygen atoms in total. The number of hydrogen-bond donors (Lipinski definition) is 4. The molecular formula is C10H11BrN2O4. The molecule has 0 aliphatic carbocycles. The number of rotatable bonds is 4. The van der Waals surface area contributed by atoms with E-state index in [0.29, 0.717) is 5.69 Å². The van der Waals surface area contributed by atoms with E-state index in [-0.39, 0.29) is 0 Å². The summed E-state index contributed by atoms with van der Waals surface area (Å²) in [6, 6.07) is 4.77. The molecule has 4 N–H and O–H groups in total. The van der Waals surface area contributed by atoms with Crippen LogP contribution in [-0.4, -0.2) is 34.9 Å². The molecule has 0 saturated carbocycles. The molecule has 1 rings (SSSR count). The lowest BCUT2D eigenvalue weighted by molar-refractivity contribution is -0.140. The number of anilines is 1. The third-order valence-corrected chi connectivity index (χ3v) is 2.42. The quantitative estimate of drug-likeness (QED) is 0.667. The normalized spacial score (nSPS) is 11.6. The first-order valence-corrected chi connectivity index (χ1v) is 5.49. The van der Waals surface area contributed by atoms with Crippen LogP contribution in [0.5, 0.6) is 0 Å². The fourth-order valence-corrected chi connectivity index (χ4v) is 1.31. The minimum atomic E-state index is -1.31. The highest BCUT2D eigenvalue weighted by Gasteiger charge is 2.18. The van der Waals surface area contributed by atoms with Gasteiger partial charge >= 0.3 is 12.0 Å². The van der Waals surface area contributed by atoms with E-state index < -0.39 is 24.6 Å². The molecule has 0 aliphatic rings. The van der Waals surface area contributed by atoms with E-state index in [9.17, 15) is 9.59 Å². The molecule has 0 unspecified atom stereocenters. The monoisotopic (exact) mass is 302 g/mol. The molecule has 0 aromatic heterocycles. The van der Waals surface area contributed by atoms with Crippen molar-refractivity contribution in [3.05, 3.63) is 28.7 Å². The second-order valence-electron chi connectivity index (χ2n) is 3.18. The number of nitrogens with one attached hydrogen (secondary N) is 2. The summed E-state index contributed by atoms with van der Waals surface area (Å²) in [7, 11) is 0. The van der Waals surface area contributed by atoms with Gasteiger partial charge in [-0.25, -0.2) is 9.59 Å². The number of aliphatic hydroxyl groups is 1. The van der Waals surface area contributed by atoms with Gasteiger partial charge in [-0.15, -0.1) is 0 Å². The maximum absolute atomic E-state index is 11.4. The molecule has 2 amide bonds. The van der Waals surface area contributed by atoms with Crippen molar-refractivity contribution in [2.45, 2.75) is 6.04 Å². The Kier molecular flexibility index (Phi) is 4.92. The van der Waals surface area contributed by atoms with Crippen molar-refractivity contribution in [1.29, 1.82) is 0 Å². The summed E-state index contributed by atoms with van der Waals surface area (Å²) < 4.78 is 0.863. The van der Waals surface area contributed by atoms with Crippen molar-refractivity contribution in [3.63, 3.8) is 0 Å². The van der Waals surface area contributed by atoms with E-state index in [0.717, 1.165) is 4.47 Å². The molecule has 0 fully saturated rings. The number of carbonyl (C=O) groups is 2. The van der Waals surface area contributed by atoms with Crippen molar-refractivity contribution in [3.8, 4) is 0 Å². The minimum absolute atomic E-state index is 0.521. The number of carboxylic acid groups (broad SMARTS) is 1. The highest BCUT2D eigenvalue weighted by atomic mass is 79.9. The van der Waals surface area contributed by atoms with Crippen LogP contribution in [0.3, 0.4) is 0 Å². The lowest BCUT2D eigenvalue weighted by Gasteiger charge is -2.12. The van der Waals surface area contributed by atoms with Crippen LogP contribution in [0.15, 0.2) is 28.7 Å². The van der Waals surface area contributed by atoms with Gasteiger partial charge in [-0.2, -0.15) is 0 Å². The van der Waals surface area contributed by atoms with Gasteiger partial charge in [-0.1, -0.05) is 15.9 Å². The van der Waals surface area contributed by atoms with E-state index in [1.807, 2.05) is 0 Å². The zero-order valence-electron chi connectivity index (χ0n) is 8.68. The van der Waals surface area contributed by atoms with Gasteiger partial charge in [0.1, 0.15) is 0 Å². The first kappa shape index (κ1) is 13.5. The smallest absolute Gasteiger partial charge is 0.328 e. The average Bonchev–Trinajstić information content (AvgIpc) is 2.28. The molecule has 17 heavy (non-hydrogen) atoms. The van der Waals surface area contributed by atoms with Gasteiger partial charge in [0, 0.05) is 10.2 Å². The average molecular weight is 303 g/mol. The van der Waals surface area contributed by atoms with Crippen LogP contribution in [0.2, 0.25) is 0 Å². The van der Waals surface area contributed by atoms with Gasteiger partial charge < -0.3 is 20.8 Å². The Hall–Kier alpha value is -1.60. The summed E-state index contributed by atoms with van der Waals surface area (Å²) in [4.78, 5) is 21.9. The van der Waals surface area contributed by atoms with Crippen LogP contribution in [0.1, 0.15) is 0 Å². The minimum Gasteiger partial charge on any atom is -0.480 e. The number of aliphatic carboxylic acids is 1. The molecule has 1 aromatic carbocycles. The molecule has 92 valence electrons. The van der Waals surface area contributed by atoms with Gasteiger partial charge in [0.25, 0.3) is 0 Å². The number of carboxylic acids is 1. The Labute approximate surface area is 106 Å². The molecule has 0 bridgehead atoms. The first-order chi connectivity index (χ1) is 8.02. The van der Waals surface area contributed by atoms with Crippen LogP contribution < -0.4 is 10.6 Å². The zero-order chi connectivity index (χ0) is 12.8. The van der Waals surface area contributed by atoms with Crippen molar-refractivity contribution in [2.75, 3.05) is 11.9 Å². The molecule has 7 heteroatoms. The van der Waals surface area contributed by atoms with Gasteiger partial charge in [-0.05, 0) is 24.3 Å². The first-order valence-electron chi connectivity index (χ1n) is 4.69. The number of benzene rings is 1. The molecule has 0 radical (unpaired) electrons. The molecule has 0 aliphatic heterocycles. The summed E-state index contributed by atoms with van der Waals surface area (Å²) in [6.45, 7) is -0.664. The Morgan fingerprint density at radius 3 is 2.35 bits per heavy atom. The van der Waals surface area contributed by atoms with Crippen molar-refractivity contribution >= 4 is 33.6 Å². The second kappa shape index (κ2) is 6.21. The van der Waals surface area contributed by atoms with Gasteiger partial charge in [-0.3, -0.25) is 0 Å². The van der Waals surface area contributed by atoms with Crippen LogP contribution >= 0.6 is 15.9 Å². The highest BCUT2D eigenvalue weighted by Crippen LogP contribution is 2.13. The van der Waals surface area contributed by atoms with Crippen molar-refractivity contribution < 1.29 is 19.8 Å². The third kappa shape index (κ3) is 4.41. The van der Waals surface area contributed by atoms with Gasteiger partial charge in [0.2, 0.25) is 0 Å². The van der Waals surface area contributed by atoms with Crippen molar-refractivity contribution in [2.24, 2.45) is 0 Å². The Morgan fingerprint density at radius 1 is 1.29 bits per heavy atom. The number of amides is 2. The molecule has 1 atom stereocenters. The van der Waals surface area contributed by atoms with Crippen LogP contribution in [0.25, 0.3) is 0 Å². The van der Waals surface area contributed by atoms with Crippen molar-refractivity contribution in [1.82, 2.24) is 5.32 Å². The maximum Gasteiger partial charge on any atom is 0.328 e. The maximum atomic E-state index is 11.4. The Balaban J connectivity index is 2.54. The van der Waals surface area contributed by atoms with Crippen LogP contribution in [0, 0.1) is 0 Å². The predicted molar refractivity (Wildman–Crippen MR) is 64.8 cm³/mol. The standard InChI is InChI=1S/C10H11BrN2O4/c11-6-1-3-7(4-2-6)12-10(17)13-8(5-14)9(15)16/h1-4,8,14H,5H2,(H,15,16)(H2,12,13,17)/t8-/m1/s1. The Morgan fingerprint density at radius 2 is 1.88 bits per heavy atom. The summed E-state index contributed by atoms with van der Waals surface area (Å²) in [5.74, 6) is -1.29. The third-order valence-electron chi connectivity index (χ3n) is 1.89.